The molecular formula is C18H21F3IN3. The van der Waals surface area contributed by atoms with Gasteiger partial charge in [0, 0.05) is 20.1 Å². The smallest absolute Gasteiger partial charge is 0.190 e. The molecule has 136 valence electrons. The molecule has 0 aliphatic rings. The van der Waals surface area contributed by atoms with Crippen LogP contribution in [0.2, 0.25) is 0 Å². The molecule has 0 fully saturated rings. The fraction of sp³-hybridized carbons (Fsp3) is 0.278. The predicted octanol–water partition coefficient (Wildman–Crippen LogP) is 3.67. The number of aliphatic imine (C=N–C) groups is 1. The van der Waals surface area contributed by atoms with E-state index >= 15 is 0 Å². The third-order valence-electron chi connectivity index (χ3n) is 3.56. The number of rotatable bonds is 6. The van der Waals surface area contributed by atoms with Gasteiger partial charge in [0.2, 0.25) is 0 Å². The number of hydrogen-bond acceptors (Lipinski definition) is 1. The molecular weight excluding hydrogens is 442 g/mol. The minimum atomic E-state index is -0.839. The average Bonchev–Trinajstić information content (AvgIpc) is 2.59. The quantitative estimate of drug-likeness (QED) is 0.390. The molecule has 0 aromatic heterocycles. The number of guanidine groups is 1. The van der Waals surface area contributed by atoms with Gasteiger partial charge in [-0.25, -0.2) is 13.2 Å². The molecule has 2 aromatic rings. The summed E-state index contributed by atoms with van der Waals surface area (Å²) in [7, 11) is 1.63. The molecule has 25 heavy (non-hydrogen) atoms. The van der Waals surface area contributed by atoms with E-state index in [0.717, 1.165) is 18.1 Å². The fourth-order valence-electron chi connectivity index (χ4n) is 2.25. The Kier molecular flexibility index (Phi) is 9.33. The number of nitrogens with one attached hydrogen (secondary N) is 2. The van der Waals surface area contributed by atoms with Gasteiger partial charge in [0.05, 0.1) is 0 Å². The van der Waals surface area contributed by atoms with Gasteiger partial charge in [0.25, 0.3) is 0 Å². The highest BCUT2D eigenvalue weighted by atomic mass is 127. The minimum Gasteiger partial charge on any atom is -0.356 e. The van der Waals surface area contributed by atoms with Crippen molar-refractivity contribution in [3.05, 3.63) is 71.0 Å². The van der Waals surface area contributed by atoms with Gasteiger partial charge in [0.1, 0.15) is 5.82 Å². The summed E-state index contributed by atoms with van der Waals surface area (Å²) in [6.45, 7) is 1.05. The average molecular weight is 463 g/mol. The molecule has 2 rings (SSSR count). The van der Waals surface area contributed by atoms with Crippen LogP contribution in [0.4, 0.5) is 13.2 Å². The third-order valence-corrected chi connectivity index (χ3v) is 3.56. The van der Waals surface area contributed by atoms with Crippen LogP contribution in [0.1, 0.15) is 11.1 Å². The summed E-state index contributed by atoms with van der Waals surface area (Å²) in [5.74, 6) is -1.32. The number of nitrogens with zero attached hydrogens (tertiary/aromatic N) is 1. The van der Waals surface area contributed by atoms with E-state index in [9.17, 15) is 13.2 Å². The van der Waals surface area contributed by atoms with E-state index in [1.165, 1.54) is 18.2 Å². The van der Waals surface area contributed by atoms with Crippen molar-refractivity contribution < 1.29 is 13.2 Å². The molecule has 0 spiro atoms. The summed E-state index contributed by atoms with van der Waals surface area (Å²) in [5, 5.41) is 6.17. The van der Waals surface area contributed by atoms with E-state index in [1.807, 2.05) is 0 Å². The first-order chi connectivity index (χ1) is 11.6. The van der Waals surface area contributed by atoms with Crippen molar-refractivity contribution in [1.82, 2.24) is 10.6 Å². The van der Waals surface area contributed by atoms with E-state index in [-0.39, 0.29) is 29.8 Å². The van der Waals surface area contributed by atoms with E-state index < -0.39 is 11.6 Å². The molecule has 0 heterocycles. The molecule has 2 N–H and O–H groups in total. The lowest BCUT2D eigenvalue weighted by atomic mass is 10.1. The number of halogens is 4. The molecule has 3 nitrogen and oxygen atoms in total. The maximum Gasteiger partial charge on any atom is 0.190 e. The van der Waals surface area contributed by atoms with E-state index in [0.29, 0.717) is 31.0 Å². The van der Waals surface area contributed by atoms with Crippen LogP contribution in [-0.4, -0.2) is 26.1 Å². The first-order valence-corrected chi connectivity index (χ1v) is 7.72. The number of hydrogen-bond donors (Lipinski definition) is 2. The monoisotopic (exact) mass is 463 g/mol. The summed E-state index contributed by atoms with van der Waals surface area (Å²) in [4.78, 5) is 4.07. The molecule has 7 heteroatoms. The molecule has 0 saturated carbocycles. The molecule has 0 aliphatic heterocycles. The summed E-state index contributed by atoms with van der Waals surface area (Å²) in [6, 6.07) is 10.5. The van der Waals surface area contributed by atoms with Gasteiger partial charge in [-0.1, -0.05) is 24.3 Å². The highest BCUT2D eigenvalue weighted by Gasteiger charge is 2.07. The van der Waals surface area contributed by atoms with Gasteiger partial charge >= 0.3 is 0 Å². The van der Waals surface area contributed by atoms with Crippen LogP contribution in [0, 0.1) is 17.5 Å². The zero-order valence-electron chi connectivity index (χ0n) is 13.9. The molecule has 0 radical (unpaired) electrons. The van der Waals surface area contributed by atoms with Gasteiger partial charge in [-0.05, 0) is 42.2 Å². The Bertz CT molecular complexity index is 690. The first-order valence-electron chi connectivity index (χ1n) is 7.72. The van der Waals surface area contributed by atoms with Crippen molar-refractivity contribution in [2.24, 2.45) is 4.99 Å². The SMILES string of the molecule is CN=C(NCCc1ccc(F)cc1)NCCc1cccc(F)c1F.I. The van der Waals surface area contributed by atoms with Gasteiger partial charge in [0.15, 0.2) is 17.6 Å². The Morgan fingerprint density at radius 1 is 0.920 bits per heavy atom. The highest BCUT2D eigenvalue weighted by Crippen LogP contribution is 2.11. The van der Waals surface area contributed by atoms with Crippen LogP contribution in [0.25, 0.3) is 0 Å². The van der Waals surface area contributed by atoms with E-state index in [1.54, 1.807) is 25.2 Å². The number of benzene rings is 2. The van der Waals surface area contributed by atoms with Gasteiger partial charge < -0.3 is 10.6 Å². The molecule has 0 saturated heterocycles. The van der Waals surface area contributed by atoms with Crippen molar-refractivity contribution in [2.75, 3.05) is 20.1 Å². The third kappa shape index (κ3) is 6.93. The maximum atomic E-state index is 13.6. The Hall–Kier alpha value is -1.77. The first kappa shape index (κ1) is 21.3. The molecule has 0 atom stereocenters. The van der Waals surface area contributed by atoms with E-state index in [2.05, 4.69) is 15.6 Å². The zero-order chi connectivity index (χ0) is 17.4. The zero-order valence-corrected chi connectivity index (χ0v) is 16.2. The van der Waals surface area contributed by atoms with Gasteiger partial charge in [-0.3, -0.25) is 4.99 Å². The summed E-state index contributed by atoms with van der Waals surface area (Å²) < 4.78 is 39.5. The van der Waals surface area contributed by atoms with Crippen molar-refractivity contribution in [2.45, 2.75) is 12.8 Å². The molecule has 0 unspecified atom stereocenters. The van der Waals surface area contributed by atoms with Gasteiger partial charge in [-0.15, -0.1) is 24.0 Å². The maximum absolute atomic E-state index is 13.6. The fourth-order valence-corrected chi connectivity index (χ4v) is 2.25. The Balaban J connectivity index is 0.00000312. The largest absolute Gasteiger partial charge is 0.356 e. The van der Waals surface area contributed by atoms with Crippen LogP contribution in [0.15, 0.2) is 47.5 Å². The second-order valence-electron chi connectivity index (χ2n) is 5.27. The van der Waals surface area contributed by atoms with Crippen molar-refractivity contribution >= 4 is 29.9 Å². The minimum absolute atomic E-state index is 0. The Morgan fingerprint density at radius 3 is 2.20 bits per heavy atom. The standard InChI is InChI=1S/C18H20F3N3.HI/c1-22-18(23-11-9-13-5-7-15(19)8-6-13)24-12-10-14-3-2-4-16(20)17(14)21;/h2-8H,9-12H2,1H3,(H2,22,23,24);1H. The van der Waals surface area contributed by atoms with Crippen LogP contribution >= 0.6 is 24.0 Å². The summed E-state index contributed by atoms with van der Waals surface area (Å²) >= 11 is 0. The van der Waals surface area contributed by atoms with Crippen LogP contribution < -0.4 is 10.6 Å². The molecule has 0 bridgehead atoms. The van der Waals surface area contributed by atoms with E-state index in [4.69, 9.17) is 0 Å². The molecule has 0 aliphatic carbocycles. The topological polar surface area (TPSA) is 36.4 Å². The molecule has 2 aromatic carbocycles. The summed E-state index contributed by atoms with van der Waals surface area (Å²) in [6.07, 6.45) is 1.07. The van der Waals surface area contributed by atoms with Crippen molar-refractivity contribution in [1.29, 1.82) is 0 Å². The van der Waals surface area contributed by atoms with Crippen LogP contribution in [0.3, 0.4) is 0 Å². The Morgan fingerprint density at radius 2 is 1.56 bits per heavy atom. The lowest BCUT2D eigenvalue weighted by Gasteiger charge is -2.12. The predicted molar refractivity (Wildman–Crippen MR) is 105 cm³/mol. The Labute approximate surface area is 162 Å². The van der Waals surface area contributed by atoms with Crippen molar-refractivity contribution in [3.8, 4) is 0 Å². The highest BCUT2D eigenvalue weighted by molar-refractivity contribution is 14.0. The second-order valence-corrected chi connectivity index (χ2v) is 5.27. The van der Waals surface area contributed by atoms with Gasteiger partial charge in [-0.2, -0.15) is 0 Å². The lowest BCUT2D eigenvalue weighted by molar-refractivity contribution is 0.498. The summed E-state index contributed by atoms with van der Waals surface area (Å²) in [5.41, 5.74) is 1.34. The lowest BCUT2D eigenvalue weighted by Crippen LogP contribution is -2.39. The van der Waals surface area contributed by atoms with Crippen LogP contribution in [-0.2, 0) is 12.8 Å². The van der Waals surface area contributed by atoms with Crippen LogP contribution in [0.5, 0.6) is 0 Å². The normalized spacial score (nSPS) is 11.0. The second kappa shape index (κ2) is 11.0. The molecule has 0 amide bonds. The van der Waals surface area contributed by atoms with Crippen molar-refractivity contribution in [3.63, 3.8) is 0 Å².